The number of methoxy groups -OCH3 is 1. The van der Waals surface area contributed by atoms with Crippen LogP contribution in [0.15, 0.2) is 0 Å². The summed E-state index contributed by atoms with van der Waals surface area (Å²) in [4.78, 5) is 36.8. The van der Waals surface area contributed by atoms with Crippen molar-refractivity contribution in [1.29, 1.82) is 0 Å². The third kappa shape index (κ3) is 4.70. The molecule has 2 amide bonds. The normalized spacial score (nSPS) is 22.8. The molecule has 0 aromatic rings. The van der Waals surface area contributed by atoms with Gasteiger partial charge >= 0.3 is 5.97 Å². The first kappa shape index (κ1) is 17.4. The molecule has 3 atom stereocenters. The van der Waals surface area contributed by atoms with Gasteiger partial charge in [0, 0.05) is 19.9 Å². The fourth-order valence-corrected chi connectivity index (χ4v) is 2.48. The third-order valence-corrected chi connectivity index (χ3v) is 3.63. The van der Waals surface area contributed by atoms with Crippen LogP contribution >= 0.6 is 0 Å². The van der Waals surface area contributed by atoms with E-state index in [1.54, 1.807) is 0 Å². The Hall–Kier alpha value is -1.63. The second-order valence-corrected chi connectivity index (χ2v) is 5.30. The van der Waals surface area contributed by atoms with Gasteiger partial charge in [0.25, 0.3) is 0 Å². The molecular formula is C14H24N2O5. The SMILES string of the molecule is CCCC[C@@H](NC(=O)[C@@H]1C[C@@H](O)CN1C(C)=O)C(=O)OC. The van der Waals surface area contributed by atoms with Crippen molar-refractivity contribution in [3.05, 3.63) is 0 Å². The minimum absolute atomic E-state index is 0.144. The van der Waals surface area contributed by atoms with E-state index in [0.29, 0.717) is 6.42 Å². The number of aliphatic hydroxyl groups excluding tert-OH is 1. The van der Waals surface area contributed by atoms with Crippen LogP contribution in [0.3, 0.4) is 0 Å². The van der Waals surface area contributed by atoms with Crippen molar-refractivity contribution in [1.82, 2.24) is 10.2 Å². The summed E-state index contributed by atoms with van der Waals surface area (Å²) < 4.78 is 4.68. The molecule has 0 saturated carbocycles. The van der Waals surface area contributed by atoms with Gasteiger partial charge in [-0.1, -0.05) is 19.8 Å². The van der Waals surface area contributed by atoms with E-state index in [-0.39, 0.29) is 18.9 Å². The van der Waals surface area contributed by atoms with Crippen molar-refractivity contribution in [2.45, 2.75) is 57.7 Å². The molecule has 1 aliphatic heterocycles. The summed E-state index contributed by atoms with van der Waals surface area (Å²) in [7, 11) is 1.27. The van der Waals surface area contributed by atoms with Gasteiger partial charge in [0.15, 0.2) is 0 Å². The van der Waals surface area contributed by atoms with E-state index in [1.165, 1.54) is 18.9 Å². The number of ether oxygens (including phenoxy) is 1. The molecule has 7 heteroatoms. The molecule has 0 radical (unpaired) electrons. The number of unbranched alkanes of at least 4 members (excludes halogenated alkanes) is 1. The Labute approximate surface area is 124 Å². The maximum Gasteiger partial charge on any atom is 0.328 e. The van der Waals surface area contributed by atoms with Gasteiger partial charge in [0.05, 0.1) is 13.2 Å². The maximum absolute atomic E-state index is 12.3. The molecule has 0 spiro atoms. The molecule has 1 saturated heterocycles. The zero-order valence-corrected chi connectivity index (χ0v) is 12.8. The molecule has 1 rings (SSSR count). The minimum Gasteiger partial charge on any atom is -0.467 e. The summed E-state index contributed by atoms with van der Waals surface area (Å²) in [6, 6.07) is -1.44. The lowest BCUT2D eigenvalue weighted by Gasteiger charge is -2.24. The van der Waals surface area contributed by atoms with Gasteiger partial charge in [-0.25, -0.2) is 4.79 Å². The summed E-state index contributed by atoms with van der Waals surface area (Å²) in [5, 5.41) is 12.3. The highest BCUT2D eigenvalue weighted by Crippen LogP contribution is 2.18. The molecule has 1 aliphatic rings. The van der Waals surface area contributed by atoms with E-state index >= 15 is 0 Å². The van der Waals surface area contributed by atoms with Crippen LogP contribution in [0.25, 0.3) is 0 Å². The number of esters is 1. The Morgan fingerprint density at radius 3 is 2.62 bits per heavy atom. The minimum atomic E-state index is -0.730. The van der Waals surface area contributed by atoms with E-state index in [1.807, 2.05) is 6.92 Å². The van der Waals surface area contributed by atoms with Crippen molar-refractivity contribution in [3.8, 4) is 0 Å². The quantitative estimate of drug-likeness (QED) is 0.663. The highest BCUT2D eigenvalue weighted by atomic mass is 16.5. The van der Waals surface area contributed by atoms with Crippen LogP contribution in [0.5, 0.6) is 0 Å². The lowest BCUT2D eigenvalue weighted by Crippen LogP contribution is -2.50. The van der Waals surface area contributed by atoms with Crippen LogP contribution < -0.4 is 5.32 Å². The van der Waals surface area contributed by atoms with Crippen molar-refractivity contribution >= 4 is 17.8 Å². The molecule has 1 fully saturated rings. The Morgan fingerprint density at radius 2 is 2.10 bits per heavy atom. The fraction of sp³-hybridized carbons (Fsp3) is 0.786. The van der Waals surface area contributed by atoms with Gasteiger partial charge in [-0.2, -0.15) is 0 Å². The first-order chi connectivity index (χ1) is 9.90. The number of carbonyl (C=O) groups is 3. The fourth-order valence-electron chi connectivity index (χ4n) is 2.48. The molecule has 120 valence electrons. The zero-order chi connectivity index (χ0) is 16.0. The number of nitrogens with one attached hydrogen (secondary N) is 1. The number of hydrogen-bond donors (Lipinski definition) is 2. The second kappa shape index (κ2) is 7.97. The number of hydrogen-bond acceptors (Lipinski definition) is 5. The van der Waals surface area contributed by atoms with E-state index in [2.05, 4.69) is 10.1 Å². The van der Waals surface area contributed by atoms with Crippen molar-refractivity contribution < 1.29 is 24.2 Å². The van der Waals surface area contributed by atoms with Crippen LogP contribution in [0.1, 0.15) is 39.5 Å². The summed E-state index contributed by atoms with van der Waals surface area (Å²) in [5.74, 6) is -1.19. The van der Waals surface area contributed by atoms with E-state index in [0.717, 1.165) is 12.8 Å². The van der Waals surface area contributed by atoms with Gasteiger partial charge in [-0.15, -0.1) is 0 Å². The van der Waals surface area contributed by atoms with Gasteiger partial charge in [-0.3, -0.25) is 9.59 Å². The summed E-state index contributed by atoms with van der Waals surface area (Å²) >= 11 is 0. The van der Waals surface area contributed by atoms with Crippen molar-refractivity contribution in [3.63, 3.8) is 0 Å². The smallest absolute Gasteiger partial charge is 0.328 e. The highest BCUT2D eigenvalue weighted by molar-refractivity contribution is 5.90. The van der Waals surface area contributed by atoms with Crippen LogP contribution in [-0.2, 0) is 19.1 Å². The largest absolute Gasteiger partial charge is 0.467 e. The highest BCUT2D eigenvalue weighted by Gasteiger charge is 2.38. The van der Waals surface area contributed by atoms with Gasteiger partial charge in [0.2, 0.25) is 11.8 Å². The van der Waals surface area contributed by atoms with E-state index < -0.39 is 30.1 Å². The Balaban J connectivity index is 2.71. The molecule has 7 nitrogen and oxygen atoms in total. The number of amides is 2. The number of carbonyl (C=O) groups excluding carboxylic acids is 3. The van der Waals surface area contributed by atoms with Gasteiger partial charge < -0.3 is 20.1 Å². The first-order valence-electron chi connectivity index (χ1n) is 7.24. The second-order valence-electron chi connectivity index (χ2n) is 5.30. The first-order valence-corrected chi connectivity index (χ1v) is 7.24. The topological polar surface area (TPSA) is 95.9 Å². The Kier molecular flexibility index (Phi) is 6.61. The summed E-state index contributed by atoms with van der Waals surface area (Å²) in [6.45, 7) is 3.49. The summed E-state index contributed by atoms with van der Waals surface area (Å²) in [5.41, 5.74) is 0. The number of β-amino-alcohol motifs (C(OH)–C–C–N with tert-alkyl or cyclic N) is 1. The standard InChI is InChI=1S/C14H24N2O5/c1-4-5-6-11(14(20)21-3)15-13(19)12-7-10(18)8-16(12)9(2)17/h10-12,18H,4-8H2,1-3H3,(H,15,19)/t10-,11-,12+/m1/s1. The molecule has 0 unspecified atom stereocenters. The summed E-state index contributed by atoms with van der Waals surface area (Å²) in [6.07, 6.45) is 1.64. The lowest BCUT2D eigenvalue weighted by atomic mass is 10.1. The molecule has 0 aromatic heterocycles. The zero-order valence-electron chi connectivity index (χ0n) is 12.8. The molecule has 0 aliphatic carbocycles. The monoisotopic (exact) mass is 300 g/mol. The Bertz CT molecular complexity index is 399. The van der Waals surface area contributed by atoms with Crippen LogP contribution in [0.2, 0.25) is 0 Å². The van der Waals surface area contributed by atoms with Crippen LogP contribution in [0.4, 0.5) is 0 Å². The van der Waals surface area contributed by atoms with E-state index in [4.69, 9.17) is 0 Å². The third-order valence-electron chi connectivity index (χ3n) is 3.63. The average Bonchev–Trinajstić information content (AvgIpc) is 2.84. The van der Waals surface area contributed by atoms with Crippen molar-refractivity contribution in [2.75, 3.05) is 13.7 Å². The number of aliphatic hydroxyl groups is 1. The molecule has 1 heterocycles. The molecule has 21 heavy (non-hydrogen) atoms. The lowest BCUT2D eigenvalue weighted by molar-refractivity contribution is -0.146. The van der Waals surface area contributed by atoms with Crippen LogP contribution in [-0.4, -0.2) is 59.6 Å². The van der Waals surface area contributed by atoms with Crippen molar-refractivity contribution in [2.24, 2.45) is 0 Å². The number of rotatable bonds is 6. The number of likely N-dealkylation sites (tertiary alicyclic amines) is 1. The Morgan fingerprint density at radius 1 is 1.43 bits per heavy atom. The molecule has 2 N–H and O–H groups in total. The average molecular weight is 300 g/mol. The molecule has 0 bridgehead atoms. The molecule has 0 aromatic carbocycles. The molecular weight excluding hydrogens is 276 g/mol. The number of nitrogens with zero attached hydrogens (tertiary/aromatic N) is 1. The van der Waals surface area contributed by atoms with E-state index in [9.17, 15) is 19.5 Å². The maximum atomic E-state index is 12.3. The van der Waals surface area contributed by atoms with Gasteiger partial charge in [0.1, 0.15) is 12.1 Å². The predicted molar refractivity (Wildman–Crippen MR) is 75.3 cm³/mol. The predicted octanol–water partition coefficient (Wildman–Crippen LogP) is -0.184. The van der Waals surface area contributed by atoms with Crippen LogP contribution in [0, 0.1) is 0 Å². The van der Waals surface area contributed by atoms with Gasteiger partial charge in [-0.05, 0) is 6.42 Å².